The van der Waals surface area contributed by atoms with E-state index >= 15 is 0 Å². The van der Waals surface area contributed by atoms with Crippen LogP contribution >= 0.6 is 23.7 Å². The minimum atomic E-state index is -6.29. The number of halogens is 10. The third-order valence-corrected chi connectivity index (χ3v) is 11.6. The van der Waals surface area contributed by atoms with Crippen LogP contribution < -0.4 is 0 Å². The van der Waals surface area contributed by atoms with Crippen LogP contribution in [-0.4, -0.2) is 17.8 Å². The van der Waals surface area contributed by atoms with Crippen LogP contribution in [-0.2, 0) is 11.8 Å². The summed E-state index contributed by atoms with van der Waals surface area (Å²) in [6.07, 6.45) is 0. The highest BCUT2D eigenvalue weighted by Gasteiger charge is 2.63. The van der Waals surface area contributed by atoms with Gasteiger partial charge in [0.2, 0.25) is 0 Å². The molecular weight excluding hydrogens is 352 g/mol. The number of rotatable bonds is 2. The maximum Gasteiger partial charge on any atom is 0.453 e. The van der Waals surface area contributed by atoms with Crippen molar-refractivity contribution in [3.63, 3.8) is 0 Å². The first-order chi connectivity index (χ1) is 7.09. The van der Waals surface area contributed by atoms with E-state index in [-0.39, 0.29) is 0 Å². The van der Waals surface area contributed by atoms with Gasteiger partial charge < -0.3 is 0 Å². The zero-order valence-electron chi connectivity index (χ0n) is 6.99. The third kappa shape index (κ3) is 5.08. The summed E-state index contributed by atoms with van der Waals surface area (Å²) in [5.41, 5.74) is -6.29. The van der Waals surface area contributed by atoms with Crippen LogP contribution in [0.15, 0.2) is 0 Å². The largest absolute Gasteiger partial charge is 0.453 e. The van der Waals surface area contributed by atoms with Crippen LogP contribution in [0.3, 0.4) is 0 Å². The van der Waals surface area contributed by atoms with E-state index < -0.39 is 41.4 Å². The average molecular weight is 352 g/mol. The van der Waals surface area contributed by atoms with Crippen LogP contribution in [0.1, 0.15) is 0 Å². The molecule has 0 saturated heterocycles. The van der Waals surface area contributed by atoms with E-state index in [1.165, 1.54) is 0 Å². The van der Waals surface area contributed by atoms with Gasteiger partial charge in [-0.25, -0.2) is 0 Å². The molecule has 0 N–H and O–H groups in total. The van der Waals surface area contributed by atoms with Crippen LogP contribution in [0.25, 0.3) is 0 Å². The predicted octanol–water partition coefficient (Wildman–Crippen LogP) is 5.95. The van der Waals surface area contributed by atoms with Crippen LogP contribution in [0.2, 0.25) is 0 Å². The molecule has 1 atom stereocenters. The highest BCUT2D eigenvalue weighted by molar-refractivity contribution is 8.92. The van der Waals surface area contributed by atoms with E-state index in [1.807, 2.05) is 0 Å². The van der Waals surface area contributed by atoms with E-state index in [0.29, 0.717) is 0 Å². The molecule has 0 aliphatic rings. The van der Waals surface area contributed by atoms with Gasteiger partial charge in [0.25, 0.3) is 5.55 Å². The molecule has 14 heteroatoms. The molecule has 0 bridgehead atoms. The number of alkyl halides is 9. The zero-order valence-corrected chi connectivity index (χ0v) is 10.4. The summed E-state index contributed by atoms with van der Waals surface area (Å²) in [6.45, 7) is 0. The Morgan fingerprint density at radius 1 is 0.824 bits per heavy atom. The van der Waals surface area contributed by atoms with Crippen molar-refractivity contribution in [1.82, 2.24) is 0 Å². The van der Waals surface area contributed by atoms with Gasteiger partial charge in [0.05, 0.1) is 0 Å². The van der Waals surface area contributed by atoms with Gasteiger partial charge in [-0.3, -0.25) is 0 Å². The maximum atomic E-state index is 12.7. The van der Waals surface area contributed by atoms with Crippen molar-refractivity contribution in [2.75, 3.05) is 0 Å². The predicted molar refractivity (Wildman–Crippen MR) is 48.1 cm³/mol. The molecule has 0 aromatic heterocycles. The lowest BCUT2D eigenvalue weighted by atomic mass is 11.5. The van der Waals surface area contributed by atoms with Gasteiger partial charge in [-0.2, -0.15) is 43.7 Å². The van der Waals surface area contributed by atoms with Gasteiger partial charge in [-0.15, -0.1) is 0 Å². The van der Waals surface area contributed by atoms with Crippen molar-refractivity contribution in [3.05, 3.63) is 0 Å². The molecule has 0 aliphatic carbocycles. The van der Waals surface area contributed by atoms with Gasteiger partial charge in [0, 0.05) is 0 Å². The number of hydrogen-bond donors (Lipinski definition) is 0. The van der Waals surface area contributed by atoms with E-state index in [2.05, 4.69) is 11.8 Å². The minimum Gasteiger partial charge on any atom is -0.196 e. The lowest BCUT2D eigenvalue weighted by Gasteiger charge is -2.25. The first-order valence-corrected chi connectivity index (χ1v) is 9.15. The topological polar surface area (TPSA) is 0 Å². The summed E-state index contributed by atoms with van der Waals surface area (Å²) < 4.78 is 119. The Hall–Kier alpha value is 0.730. The van der Waals surface area contributed by atoms with E-state index in [4.69, 9.17) is 0 Å². The van der Waals surface area contributed by atoms with Crippen molar-refractivity contribution in [1.29, 1.82) is 0 Å². The fourth-order valence-electron chi connectivity index (χ4n) is 0.388. The molecule has 0 amide bonds. The monoisotopic (exact) mass is 352 g/mol. The molecule has 0 nitrogen and oxygen atoms in total. The summed E-state index contributed by atoms with van der Waals surface area (Å²) in [7, 11) is -5.23. The van der Waals surface area contributed by atoms with Gasteiger partial charge in [-0.1, -0.05) is 0 Å². The molecule has 17 heavy (non-hydrogen) atoms. The summed E-state index contributed by atoms with van der Waals surface area (Å²) >= 11 is 1.31. The number of hydrogen-bond acceptors (Lipinski definition) is 2. The molecular formula is C3F10P2S2. The molecule has 0 aliphatic heterocycles. The molecule has 1 unspecified atom stereocenters. The molecule has 0 radical (unpaired) electrons. The van der Waals surface area contributed by atoms with E-state index in [9.17, 15) is 43.7 Å². The molecule has 0 saturated carbocycles. The smallest absolute Gasteiger partial charge is 0.196 e. The molecule has 104 valence electrons. The highest BCUT2D eigenvalue weighted by atomic mass is 33.2. The minimum absolute atomic E-state index is 1.88. The van der Waals surface area contributed by atoms with Crippen LogP contribution in [0.5, 0.6) is 0 Å². The normalized spacial score (nSPS) is 18.3. The van der Waals surface area contributed by atoms with Crippen molar-refractivity contribution >= 4 is 35.5 Å². The summed E-state index contributed by atoms with van der Waals surface area (Å²) in [4.78, 5) is 0. The Morgan fingerprint density at radius 3 is 1.29 bits per heavy atom. The van der Waals surface area contributed by atoms with Crippen LogP contribution in [0, 0.1) is 0 Å². The fraction of sp³-hybridized carbons (Fsp3) is 1.00. The van der Waals surface area contributed by atoms with Crippen molar-refractivity contribution in [2.24, 2.45) is 0 Å². The van der Waals surface area contributed by atoms with Gasteiger partial charge in [0.1, 0.15) is 0 Å². The average Bonchev–Trinajstić information content (AvgIpc) is 1.93. The second-order valence-corrected chi connectivity index (χ2v) is 12.3. The van der Waals surface area contributed by atoms with E-state index in [0.717, 1.165) is 0 Å². The molecule has 0 fully saturated rings. The van der Waals surface area contributed by atoms with Gasteiger partial charge in [0.15, 0.2) is 7.12 Å². The van der Waals surface area contributed by atoms with Gasteiger partial charge in [-0.05, 0) is 22.8 Å². The lowest BCUT2D eigenvalue weighted by Crippen LogP contribution is -2.16. The van der Waals surface area contributed by atoms with Gasteiger partial charge >= 0.3 is 17.8 Å². The Balaban J connectivity index is 5.25. The maximum absolute atomic E-state index is 12.7. The second-order valence-electron chi connectivity index (χ2n) is 2.26. The fourth-order valence-corrected chi connectivity index (χ4v) is 8.82. The molecule has 0 aromatic rings. The quantitative estimate of drug-likeness (QED) is 0.445. The Morgan fingerprint density at radius 2 is 1.12 bits per heavy atom. The SMILES string of the molecule is FC(F)(F)P(SP(F)(=S)C(F)(F)F)C(F)(F)F. The Kier molecular flexibility index (Phi) is 5.23. The molecule has 0 rings (SSSR count). The summed E-state index contributed by atoms with van der Waals surface area (Å²) in [6, 6.07) is 0. The van der Waals surface area contributed by atoms with Crippen molar-refractivity contribution in [3.8, 4) is 0 Å². The molecule has 0 spiro atoms. The first kappa shape index (κ1) is 17.7. The van der Waals surface area contributed by atoms with Crippen LogP contribution in [0.4, 0.5) is 43.7 Å². The van der Waals surface area contributed by atoms with Crippen molar-refractivity contribution in [2.45, 2.75) is 17.8 Å². The first-order valence-electron chi connectivity index (χ1n) is 3.09. The summed E-state index contributed by atoms with van der Waals surface area (Å²) in [5, 5.41) is 0. The standard InChI is InChI=1S/C3F10P2S2/c4-1(5,6)14(2(7,8)9)17-15(13,16)3(10,11)12. The zero-order chi connectivity index (χ0) is 14.3. The molecule has 0 aromatic carbocycles. The Labute approximate surface area is 97.5 Å². The van der Waals surface area contributed by atoms with Crippen molar-refractivity contribution < 1.29 is 43.7 Å². The Bertz CT molecular complexity index is 299. The highest BCUT2D eigenvalue weighted by Crippen LogP contribution is 2.88. The second kappa shape index (κ2) is 5.02. The van der Waals surface area contributed by atoms with E-state index in [1.54, 1.807) is 0 Å². The molecule has 0 heterocycles. The summed E-state index contributed by atoms with van der Waals surface area (Å²) in [5.74, 6) is -17.9. The lowest BCUT2D eigenvalue weighted by molar-refractivity contribution is -0.0793. The third-order valence-electron chi connectivity index (χ3n) is 0.950.